The summed E-state index contributed by atoms with van der Waals surface area (Å²) in [5.74, 6) is -0.150. The molecular weight excluding hydrogens is 355 g/mol. The predicted octanol–water partition coefficient (Wildman–Crippen LogP) is 3.15. The van der Waals surface area contributed by atoms with E-state index in [1.807, 2.05) is 0 Å². The lowest BCUT2D eigenvalue weighted by atomic mass is 10.2. The second-order valence-corrected chi connectivity index (χ2v) is 6.84. The van der Waals surface area contributed by atoms with Gasteiger partial charge in [-0.2, -0.15) is 18.3 Å². The molecule has 0 radical (unpaired) electrons. The molecule has 0 N–H and O–H groups in total. The first-order chi connectivity index (χ1) is 11.9. The average Bonchev–Trinajstić information content (AvgIpc) is 3.27. The lowest BCUT2D eigenvalue weighted by Gasteiger charge is -2.28. The largest absolute Gasteiger partial charge is 0.435 e. The minimum atomic E-state index is -4.46. The maximum absolute atomic E-state index is 12.8. The Morgan fingerprint density at radius 1 is 1.40 bits per heavy atom. The highest BCUT2D eigenvalue weighted by molar-refractivity contribution is 7.07. The van der Waals surface area contributed by atoms with Crippen LogP contribution in [0.25, 0.3) is 0 Å². The van der Waals surface area contributed by atoms with Crippen LogP contribution < -0.4 is 0 Å². The minimum Gasteiger partial charge on any atom is -0.333 e. The number of alkyl halides is 3. The standard InChI is InChI=1S/C15H18F3N5OS/c1-10-13(25-21-19-10)14(24)23(11-4-2-3-5-11)9-8-22-7-6-12(20-22)15(16,17)18/h6-7,11H,2-5,8-9H2,1H3. The number of aryl methyl sites for hydroxylation is 1. The van der Waals surface area contributed by atoms with E-state index in [1.54, 1.807) is 11.8 Å². The van der Waals surface area contributed by atoms with Gasteiger partial charge in [0.15, 0.2) is 5.69 Å². The van der Waals surface area contributed by atoms with Crippen molar-refractivity contribution in [3.63, 3.8) is 0 Å². The van der Waals surface area contributed by atoms with E-state index in [4.69, 9.17) is 0 Å². The Balaban J connectivity index is 1.73. The lowest BCUT2D eigenvalue weighted by molar-refractivity contribution is -0.141. The van der Waals surface area contributed by atoms with Crippen molar-refractivity contribution in [1.82, 2.24) is 24.3 Å². The van der Waals surface area contributed by atoms with Crippen LogP contribution in [0.1, 0.15) is 46.7 Å². The van der Waals surface area contributed by atoms with Crippen molar-refractivity contribution in [1.29, 1.82) is 0 Å². The summed E-state index contributed by atoms with van der Waals surface area (Å²) >= 11 is 1.05. The molecule has 3 rings (SSSR count). The molecule has 2 heterocycles. The van der Waals surface area contributed by atoms with Gasteiger partial charge in [-0.25, -0.2) is 0 Å². The molecule has 10 heteroatoms. The monoisotopic (exact) mass is 373 g/mol. The van der Waals surface area contributed by atoms with Crippen molar-refractivity contribution >= 4 is 17.4 Å². The van der Waals surface area contributed by atoms with Crippen LogP contribution in [-0.4, -0.2) is 42.8 Å². The fraction of sp³-hybridized carbons (Fsp3) is 0.600. The molecule has 0 aliphatic heterocycles. The number of halogens is 3. The van der Waals surface area contributed by atoms with E-state index in [-0.39, 0.29) is 18.5 Å². The summed E-state index contributed by atoms with van der Waals surface area (Å²) in [4.78, 5) is 15.1. The zero-order chi connectivity index (χ0) is 18.0. The van der Waals surface area contributed by atoms with Gasteiger partial charge in [0.2, 0.25) is 0 Å². The van der Waals surface area contributed by atoms with E-state index >= 15 is 0 Å². The van der Waals surface area contributed by atoms with Crippen LogP contribution in [-0.2, 0) is 12.7 Å². The van der Waals surface area contributed by atoms with Gasteiger partial charge < -0.3 is 4.90 Å². The topological polar surface area (TPSA) is 63.9 Å². The maximum atomic E-state index is 12.8. The molecule has 0 aromatic carbocycles. The van der Waals surface area contributed by atoms with Gasteiger partial charge in [0, 0.05) is 18.8 Å². The molecule has 1 aliphatic carbocycles. The Hall–Kier alpha value is -1.97. The molecule has 0 bridgehead atoms. The molecule has 2 aromatic rings. The molecule has 136 valence electrons. The van der Waals surface area contributed by atoms with Gasteiger partial charge in [-0.3, -0.25) is 9.48 Å². The zero-order valence-corrected chi connectivity index (χ0v) is 14.5. The van der Waals surface area contributed by atoms with Gasteiger partial charge >= 0.3 is 6.18 Å². The fourth-order valence-corrected chi connectivity index (χ4v) is 3.68. The third-order valence-corrected chi connectivity index (χ3v) is 5.19. The van der Waals surface area contributed by atoms with Crippen LogP contribution in [0.3, 0.4) is 0 Å². The first kappa shape index (κ1) is 17.8. The number of rotatable bonds is 5. The summed E-state index contributed by atoms with van der Waals surface area (Å²) in [6.07, 6.45) is 0.744. The number of hydrogen-bond donors (Lipinski definition) is 0. The summed E-state index contributed by atoms with van der Waals surface area (Å²) < 4.78 is 43.0. The summed E-state index contributed by atoms with van der Waals surface area (Å²) in [7, 11) is 0. The molecule has 2 aromatic heterocycles. The predicted molar refractivity (Wildman–Crippen MR) is 85.2 cm³/mol. The number of nitrogens with zero attached hydrogens (tertiary/aromatic N) is 5. The molecule has 1 aliphatic rings. The Bertz CT molecular complexity index is 736. The molecule has 0 spiro atoms. The Morgan fingerprint density at radius 2 is 2.12 bits per heavy atom. The fourth-order valence-electron chi connectivity index (χ4n) is 3.07. The number of carbonyl (C=O) groups is 1. The quantitative estimate of drug-likeness (QED) is 0.808. The Kier molecular flexibility index (Phi) is 5.07. The van der Waals surface area contributed by atoms with Crippen LogP contribution in [0.15, 0.2) is 12.3 Å². The van der Waals surface area contributed by atoms with Gasteiger partial charge in [0.1, 0.15) is 4.88 Å². The van der Waals surface area contributed by atoms with Crippen molar-refractivity contribution in [3.05, 3.63) is 28.5 Å². The van der Waals surface area contributed by atoms with Crippen molar-refractivity contribution in [3.8, 4) is 0 Å². The molecular formula is C15H18F3N5OS. The minimum absolute atomic E-state index is 0.103. The highest BCUT2D eigenvalue weighted by Gasteiger charge is 2.34. The lowest BCUT2D eigenvalue weighted by Crippen LogP contribution is -2.41. The van der Waals surface area contributed by atoms with Crippen LogP contribution in [0.2, 0.25) is 0 Å². The molecule has 6 nitrogen and oxygen atoms in total. The van der Waals surface area contributed by atoms with E-state index in [1.165, 1.54) is 10.9 Å². The van der Waals surface area contributed by atoms with Crippen molar-refractivity contribution in [2.24, 2.45) is 0 Å². The third-order valence-electron chi connectivity index (χ3n) is 4.37. The zero-order valence-electron chi connectivity index (χ0n) is 13.7. The second kappa shape index (κ2) is 7.11. The number of hydrogen-bond acceptors (Lipinski definition) is 5. The van der Waals surface area contributed by atoms with E-state index in [0.717, 1.165) is 43.3 Å². The van der Waals surface area contributed by atoms with Crippen LogP contribution in [0, 0.1) is 6.92 Å². The molecule has 1 saturated carbocycles. The average molecular weight is 373 g/mol. The summed E-state index contributed by atoms with van der Waals surface area (Å²) in [5, 5.41) is 7.43. The highest BCUT2D eigenvalue weighted by Crippen LogP contribution is 2.28. The maximum Gasteiger partial charge on any atom is 0.435 e. The van der Waals surface area contributed by atoms with Gasteiger partial charge in [-0.15, -0.1) is 5.10 Å². The van der Waals surface area contributed by atoms with Crippen LogP contribution >= 0.6 is 11.5 Å². The number of amides is 1. The number of aromatic nitrogens is 4. The summed E-state index contributed by atoms with van der Waals surface area (Å²) in [6.45, 7) is 2.25. The van der Waals surface area contributed by atoms with E-state index in [2.05, 4.69) is 14.7 Å². The van der Waals surface area contributed by atoms with Crippen molar-refractivity contribution < 1.29 is 18.0 Å². The SMILES string of the molecule is Cc1nnsc1C(=O)N(CCn1ccc(C(F)(F)F)n1)C1CCCC1. The smallest absolute Gasteiger partial charge is 0.333 e. The van der Waals surface area contributed by atoms with Crippen molar-refractivity contribution in [2.45, 2.75) is 51.4 Å². The molecule has 1 fully saturated rings. The Labute approximate surface area is 146 Å². The highest BCUT2D eigenvalue weighted by atomic mass is 32.1. The van der Waals surface area contributed by atoms with Gasteiger partial charge in [0.25, 0.3) is 5.91 Å². The van der Waals surface area contributed by atoms with Crippen molar-refractivity contribution in [2.75, 3.05) is 6.54 Å². The Morgan fingerprint density at radius 3 is 2.68 bits per heavy atom. The second-order valence-electron chi connectivity index (χ2n) is 6.09. The normalized spacial score (nSPS) is 15.7. The molecule has 0 unspecified atom stereocenters. The van der Waals surface area contributed by atoms with Crippen LogP contribution in [0.4, 0.5) is 13.2 Å². The van der Waals surface area contributed by atoms with Gasteiger partial charge in [-0.1, -0.05) is 17.3 Å². The third kappa shape index (κ3) is 4.00. The molecule has 0 atom stereocenters. The number of carbonyl (C=O) groups excluding carboxylic acids is 1. The van der Waals surface area contributed by atoms with E-state index in [0.29, 0.717) is 17.1 Å². The first-order valence-electron chi connectivity index (χ1n) is 8.07. The van der Waals surface area contributed by atoms with E-state index in [9.17, 15) is 18.0 Å². The summed E-state index contributed by atoms with van der Waals surface area (Å²) in [5.41, 5.74) is -0.342. The van der Waals surface area contributed by atoms with E-state index < -0.39 is 11.9 Å². The first-order valence-corrected chi connectivity index (χ1v) is 8.84. The molecule has 0 saturated heterocycles. The molecule has 1 amide bonds. The van der Waals surface area contributed by atoms with Crippen LogP contribution in [0.5, 0.6) is 0 Å². The van der Waals surface area contributed by atoms with Gasteiger partial charge in [-0.05, 0) is 37.4 Å². The van der Waals surface area contributed by atoms with Gasteiger partial charge in [0.05, 0.1) is 12.2 Å². The summed E-state index contributed by atoms with van der Waals surface area (Å²) in [6, 6.07) is 1.05. The molecule has 25 heavy (non-hydrogen) atoms.